The van der Waals surface area contributed by atoms with Crippen molar-refractivity contribution < 1.29 is 9.59 Å². The lowest BCUT2D eigenvalue weighted by molar-refractivity contribution is -0.117. The van der Waals surface area contributed by atoms with E-state index in [1.807, 2.05) is 13.8 Å². The number of benzene rings is 1. The number of hydrogen-bond donors (Lipinski definition) is 2. The molecule has 1 aliphatic carbocycles. The van der Waals surface area contributed by atoms with Gasteiger partial charge in [0.05, 0.1) is 17.4 Å². The Hall–Kier alpha value is -2.32. The summed E-state index contributed by atoms with van der Waals surface area (Å²) >= 11 is 5.98. The van der Waals surface area contributed by atoms with Gasteiger partial charge in [0.2, 0.25) is 5.91 Å². The fourth-order valence-corrected chi connectivity index (χ4v) is 2.77. The van der Waals surface area contributed by atoms with Crippen molar-refractivity contribution in [2.24, 2.45) is 5.41 Å². The number of carbonyl (C=O) groups excluding carboxylic acids is 2. The average Bonchev–Trinajstić information content (AvgIpc) is 2.39. The zero-order chi connectivity index (χ0) is 17.0. The Bertz CT molecular complexity index is 717. The van der Waals surface area contributed by atoms with Gasteiger partial charge in [-0.3, -0.25) is 9.59 Å². The first kappa shape index (κ1) is 17.0. The van der Waals surface area contributed by atoms with Gasteiger partial charge >= 0.3 is 0 Å². The molecule has 6 heteroatoms. The number of ketones is 1. The van der Waals surface area contributed by atoms with Crippen molar-refractivity contribution >= 4 is 34.7 Å². The summed E-state index contributed by atoms with van der Waals surface area (Å²) in [6.45, 7) is 4.08. The van der Waals surface area contributed by atoms with E-state index in [0.29, 0.717) is 22.8 Å². The van der Waals surface area contributed by atoms with Crippen LogP contribution in [-0.4, -0.2) is 11.7 Å². The Kier molecular flexibility index (Phi) is 5.07. The van der Waals surface area contributed by atoms with Crippen LogP contribution in [0.3, 0.4) is 0 Å². The van der Waals surface area contributed by atoms with E-state index in [4.69, 9.17) is 16.9 Å². The maximum atomic E-state index is 11.8. The van der Waals surface area contributed by atoms with Gasteiger partial charge in [-0.1, -0.05) is 25.4 Å². The van der Waals surface area contributed by atoms with Crippen LogP contribution in [0.2, 0.25) is 5.02 Å². The van der Waals surface area contributed by atoms with Gasteiger partial charge in [0.25, 0.3) is 0 Å². The summed E-state index contributed by atoms with van der Waals surface area (Å²) in [7, 11) is 0. The second-order valence-electron chi connectivity index (χ2n) is 6.35. The molecule has 0 fully saturated rings. The highest BCUT2D eigenvalue weighted by atomic mass is 35.5. The van der Waals surface area contributed by atoms with Gasteiger partial charge in [-0.15, -0.1) is 0 Å². The highest BCUT2D eigenvalue weighted by molar-refractivity contribution is 6.31. The largest absolute Gasteiger partial charge is 0.357 e. The van der Waals surface area contributed by atoms with Gasteiger partial charge in [-0.25, -0.2) is 0 Å². The van der Waals surface area contributed by atoms with E-state index < -0.39 is 5.91 Å². The van der Waals surface area contributed by atoms with Gasteiger partial charge in [-0.05, 0) is 30.0 Å². The Balaban J connectivity index is 2.24. The Morgan fingerprint density at radius 3 is 2.74 bits per heavy atom. The zero-order valence-electron chi connectivity index (χ0n) is 13.1. The number of halogens is 1. The van der Waals surface area contributed by atoms with Crippen LogP contribution in [0.15, 0.2) is 30.0 Å². The van der Waals surface area contributed by atoms with Crippen LogP contribution >= 0.6 is 11.6 Å². The number of nitriles is 1. The monoisotopic (exact) mass is 331 g/mol. The number of nitrogens with one attached hydrogen (secondary N) is 2. The third-order valence-corrected chi connectivity index (χ3v) is 3.68. The van der Waals surface area contributed by atoms with Crippen LogP contribution in [0.25, 0.3) is 0 Å². The Morgan fingerprint density at radius 1 is 1.35 bits per heavy atom. The summed E-state index contributed by atoms with van der Waals surface area (Å²) < 4.78 is 0. The zero-order valence-corrected chi connectivity index (χ0v) is 13.8. The van der Waals surface area contributed by atoms with Crippen LogP contribution in [0.1, 0.15) is 33.1 Å². The second kappa shape index (κ2) is 6.84. The van der Waals surface area contributed by atoms with E-state index in [1.54, 1.807) is 30.3 Å². The summed E-state index contributed by atoms with van der Waals surface area (Å²) in [6, 6.07) is 6.83. The summed E-state index contributed by atoms with van der Waals surface area (Å²) in [6.07, 6.45) is 2.61. The molecule has 0 bridgehead atoms. The molecule has 0 radical (unpaired) electrons. The lowest BCUT2D eigenvalue weighted by Gasteiger charge is -2.29. The van der Waals surface area contributed by atoms with Crippen LogP contribution in [-0.2, 0) is 9.59 Å². The lowest BCUT2D eigenvalue weighted by atomic mass is 9.79. The van der Waals surface area contributed by atoms with Crippen molar-refractivity contribution in [2.75, 3.05) is 10.6 Å². The minimum Gasteiger partial charge on any atom is -0.357 e. The number of anilines is 2. The predicted octanol–water partition coefficient (Wildman–Crippen LogP) is 3.88. The van der Waals surface area contributed by atoms with Crippen molar-refractivity contribution in [1.29, 1.82) is 5.26 Å². The van der Waals surface area contributed by atoms with Crippen LogP contribution in [0.4, 0.5) is 11.4 Å². The van der Waals surface area contributed by atoms with Crippen LogP contribution < -0.4 is 10.6 Å². The maximum Gasteiger partial charge on any atom is 0.238 e. The third kappa shape index (κ3) is 4.83. The highest BCUT2D eigenvalue weighted by Crippen LogP contribution is 2.35. The first-order valence-electron chi connectivity index (χ1n) is 7.26. The van der Waals surface area contributed by atoms with Crippen molar-refractivity contribution in [3.63, 3.8) is 0 Å². The lowest BCUT2D eigenvalue weighted by Crippen LogP contribution is -2.24. The van der Waals surface area contributed by atoms with Crippen LogP contribution in [0, 0.1) is 16.7 Å². The van der Waals surface area contributed by atoms with Crippen molar-refractivity contribution in [1.82, 2.24) is 0 Å². The molecule has 0 saturated carbocycles. The fraction of sp³-hybridized carbons (Fsp3) is 0.353. The SMILES string of the molecule is CC1(C)CC(=O)C=C(Nc2ccc(Cl)cc2NC(=O)CC#N)C1. The molecular weight excluding hydrogens is 314 g/mol. The number of allylic oxidation sites excluding steroid dienone is 2. The highest BCUT2D eigenvalue weighted by Gasteiger charge is 2.27. The molecule has 0 heterocycles. The van der Waals surface area contributed by atoms with E-state index in [0.717, 1.165) is 12.1 Å². The first-order chi connectivity index (χ1) is 10.8. The molecule has 1 amide bonds. The topological polar surface area (TPSA) is 82.0 Å². The van der Waals surface area contributed by atoms with Gasteiger partial charge in [0.1, 0.15) is 6.42 Å². The molecule has 2 N–H and O–H groups in total. The Labute approximate surface area is 140 Å². The summed E-state index contributed by atoms with van der Waals surface area (Å²) in [5, 5.41) is 14.9. The summed E-state index contributed by atoms with van der Waals surface area (Å²) in [5.74, 6) is -0.334. The molecule has 120 valence electrons. The molecule has 1 aromatic carbocycles. The van der Waals surface area contributed by atoms with E-state index in [-0.39, 0.29) is 17.6 Å². The molecule has 0 spiro atoms. The average molecular weight is 332 g/mol. The van der Waals surface area contributed by atoms with Gasteiger partial charge in [0, 0.05) is 23.2 Å². The fourth-order valence-electron chi connectivity index (χ4n) is 2.59. The molecule has 2 rings (SSSR count). The smallest absolute Gasteiger partial charge is 0.238 e. The minimum atomic E-state index is -0.410. The van der Waals surface area contributed by atoms with Crippen molar-refractivity contribution in [3.05, 3.63) is 35.0 Å². The normalized spacial score (nSPS) is 16.3. The van der Waals surface area contributed by atoms with Crippen molar-refractivity contribution in [2.45, 2.75) is 33.1 Å². The number of nitrogens with zero attached hydrogens (tertiary/aromatic N) is 1. The van der Waals surface area contributed by atoms with Crippen LogP contribution in [0.5, 0.6) is 0 Å². The van der Waals surface area contributed by atoms with E-state index in [1.165, 1.54) is 0 Å². The van der Waals surface area contributed by atoms with E-state index >= 15 is 0 Å². The Morgan fingerprint density at radius 2 is 2.09 bits per heavy atom. The van der Waals surface area contributed by atoms with Crippen molar-refractivity contribution in [3.8, 4) is 6.07 Å². The number of amides is 1. The summed E-state index contributed by atoms with van der Waals surface area (Å²) in [5.41, 5.74) is 1.81. The summed E-state index contributed by atoms with van der Waals surface area (Å²) in [4.78, 5) is 23.5. The number of rotatable bonds is 4. The molecule has 0 atom stereocenters. The van der Waals surface area contributed by atoms with Gasteiger partial charge in [-0.2, -0.15) is 5.26 Å². The molecule has 0 aromatic heterocycles. The molecule has 1 aliphatic rings. The molecule has 0 aliphatic heterocycles. The predicted molar refractivity (Wildman–Crippen MR) is 90.0 cm³/mol. The first-order valence-corrected chi connectivity index (χ1v) is 7.64. The van der Waals surface area contributed by atoms with Gasteiger partial charge in [0.15, 0.2) is 5.78 Å². The minimum absolute atomic E-state index is 0.0766. The second-order valence-corrected chi connectivity index (χ2v) is 6.79. The van der Waals surface area contributed by atoms with E-state index in [9.17, 15) is 9.59 Å². The standard InChI is InChI=1S/C17H18ClN3O2/c1-17(2)9-12(8-13(22)10-17)20-14-4-3-11(18)7-15(14)21-16(23)5-6-19/h3-4,7-8,20H,5,9-10H2,1-2H3,(H,21,23). The molecule has 0 unspecified atom stereocenters. The maximum absolute atomic E-state index is 11.8. The number of hydrogen-bond acceptors (Lipinski definition) is 4. The molecule has 0 saturated heterocycles. The molecule has 1 aromatic rings. The molecule has 5 nitrogen and oxygen atoms in total. The quantitative estimate of drug-likeness (QED) is 0.877. The van der Waals surface area contributed by atoms with Gasteiger partial charge < -0.3 is 10.6 Å². The molecular formula is C17H18ClN3O2. The number of carbonyl (C=O) groups is 2. The molecule has 23 heavy (non-hydrogen) atoms. The third-order valence-electron chi connectivity index (χ3n) is 3.45. The van der Waals surface area contributed by atoms with E-state index in [2.05, 4.69) is 10.6 Å².